The van der Waals surface area contributed by atoms with Crippen LogP contribution in [0.15, 0.2) is 36.7 Å². The maximum atomic E-state index is 13.2. The zero-order chi connectivity index (χ0) is 16.5. The fourth-order valence-corrected chi connectivity index (χ4v) is 3.49. The van der Waals surface area contributed by atoms with Crippen molar-refractivity contribution in [2.45, 2.75) is 44.4 Å². The van der Waals surface area contributed by atoms with Crippen LogP contribution in [0.2, 0.25) is 0 Å². The van der Waals surface area contributed by atoms with Crippen LogP contribution >= 0.6 is 0 Å². The van der Waals surface area contributed by atoms with Crippen molar-refractivity contribution in [3.8, 4) is 11.5 Å². The summed E-state index contributed by atoms with van der Waals surface area (Å²) in [4.78, 5) is 22.5. The van der Waals surface area contributed by atoms with E-state index in [0.717, 1.165) is 31.6 Å². The van der Waals surface area contributed by atoms with Gasteiger partial charge in [-0.25, -0.2) is 4.98 Å². The van der Waals surface area contributed by atoms with Gasteiger partial charge in [0.1, 0.15) is 11.9 Å². The molecular formula is C18H21N3O3. The Morgan fingerprint density at radius 1 is 1.25 bits per heavy atom. The molecule has 2 aliphatic heterocycles. The lowest BCUT2D eigenvalue weighted by atomic mass is 9.99. The minimum Gasteiger partial charge on any atom is -0.482 e. The molecule has 1 amide bonds. The molecule has 1 saturated heterocycles. The molecular weight excluding hydrogens is 306 g/mol. The third kappa shape index (κ3) is 2.62. The number of aromatic nitrogens is 2. The normalized spacial score (nSPS) is 26.2. The number of nitrogens with zero attached hydrogens (tertiary/aromatic N) is 2. The summed E-state index contributed by atoms with van der Waals surface area (Å²) in [6.45, 7) is 2.60. The van der Waals surface area contributed by atoms with Gasteiger partial charge < -0.3 is 19.4 Å². The molecule has 4 rings (SSSR count). The molecule has 2 aliphatic rings. The zero-order valence-corrected chi connectivity index (χ0v) is 13.6. The molecule has 0 radical (unpaired) electrons. The van der Waals surface area contributed by atoms with Crippen molar-refractivity contribution in [1.82, 2.24) is 14.9 Å². The second kappa shape index (κ2) is 6.19. The average molecular weight is 327 g/mol. The van der Waals surface area contributed by atoms with Crippen molar-refractivity contribution in [2.24, 2.45) is 0 Å². The highest BCUT2D eigenvalue weighted by atomic mass is 16.6. The Morgan fingerprint density at radius 2 is 2.04 bits per heavy atom. The molecule has 0 spiro atoms. The smallest absolute Gasteiger partial charge is 0.268 e. The van der Waals surface area contributed by atoms with E-state index in [1.165, 1.54) is 0 Å². The predicted molar refractivity (Wildman–Crippen MR) is 87.8 cm³/mol. The molecule has 0 aliphatic carbocycles. The van der Waals surface area contributed by atoms with Gasteiger partial charge in [0.15, 0.2) is 11.5 Å². The van der Waals surface area contributed by atoms with Crippen LogP contribution in [-0.4, -0.2) is 39.5 Å². The Bertz CT molecular complexity index is 716. The minimum atomic E-state index is -0.629. The third-order valence-corrected chi connectivity index (χ3v) is 4.71. The summed E-state index contributed by atoms with van der Waals surface area (Å²) >= 11 is 0. The minimum absolute atomic E-state index is 0.0192. The van der Waals surface area contributed by atoms with Crippen LogP contribution < -0.4 is 9.47 Å². The lowest BCUT2D eigenvalue weighted by Crippen LogP contribution is -2.52. The van der Waals surface area contributed by atoms with Crippen LogP contribution in [0.3, 0.4) is 0 Å². The summed E-state index contributed by atoms with van der Waals surface area (Å²) in [5.41, 5.74) is 0. The van der Waals surface area contributed by atoms with E-state index in [4.69, 9.17) is 9.47 Å². The van der Waals surface area contributed by atoms with Crippen LogP contribution in [-0.2, 0) is 4.79 Å². The number of carbonyl (C=O) groups is 1. The number of imidazole rings is 1. The first-order chi connectivity index (χ1) is 11.7. The number of piperidine rings is 1. The van der Waals surface area contributed by atoms with Gasteiger partial charge in [-0.15, -0.1) is 0 Å². The Balaban J connectivity index is 1.58. The van der Waals surface area contributed by atoms with Gasteiger partial charge in [-0.1, -0.05) is 12.1 Å². The molecule has 3 atom stereocenters. The van der Waals surface area contributed by atoms with Crippen molar-refractivity contribution < 1.29 is 14.3 Å². The van der Waals surface area contributed by atoms with E-state index in [9.17, 15) is 4.79 Å². The van der Waals surface area contributed by atoms with E-state index in [1.807, 2.05) is 36.1 Å². The number of likely N-dealkylation sites (tertiary alicyclic amines) is 1. The molecule has 0 saturated carbocycles. The van der Waals surface area contributed by atoms with Crippen molar-refractivity contribution in [1.29, 1.82) is 0 Å². The number of carbonyl (C=O) groups excluding carboxylic acids is 1. The van der Waals surface area contributed by atoms with Gasteiger partial charge in [-0.2, -0.15) is 0 Å². The quantitative estimate of drug-likeness (QED) is 0.921. The van der Waals surface area contributed by atoms with Crippen LogP contribution in [0.4, 0.5) is 0 Å². The number of nitrogens with one attached hydrogen (secondary N) is 1. The Hall–Kier alpha value is -2.50. The highest BCUT2D eigenvalue weighted by Gasteiger charge is 2.40. The maximum Gasteiger partial charge on any atom is 0.268 e. The number of fused-ring (bicyclic) bond motifs is 1. The van der Waals surface area contributed by atoms with Gasteiger partial charge >= 0.3 is 0 Å². The fourth-order valence-electron chi connectivity index (χ4n) is 3.49. The first kappa shape index (κ1) is 15.1. The third-order valence-electron chi connectivity index (χ3n) is 4.71. The van der Waals surface area contributed by atoms with Gasteiger partial charge in [-0.3, -0.25) is 4.79 Å². The van der Waals surface area contributed by atoms with Crippen LogP contribution in [0.5, 0.6) is 11.5 Å². The average Bonchev–Trinajstić information content (AvgIpc) is 3.15. The van der Waals surface area contributed by atoms with E-state index in [1.54, 1.807) is 12.4 Å². The van der Waals surface area contributed by atoms with Gasteiger partial charge in [0.05, 0.1) is 6.04 Å². The van der Waals surface area contributed by atoms with Crippen LogP contribution in [0.1, 0.15) is 38.1 Å². The number of hydrogen-bond donors (Lipinski definition) is 1. The van der Waals surface area contributed by atoms with Crippen LogP contribution in [0.25, 0.3) is 0 Å². The first-order valence-electron chi connectivity index (χ1n) is 8.46. The second-order valence-electron chi connectivity index (χ2n) is 6.33. The molecule has 3 unspecified atom stereocenters. The van der Waals surface area contributed by atoms with E-state index >= 15 is 0 Å². The Morgan fingerprint density at radius 3 is 2.79 bits per heavy atom. The molecule has 1 N–H and O–H groups in total. The van der Waals surface area contributed by atoms with Crippen molar-refractivity contribution in [2.75, 3.05) is 6.54 Å². The maximum absolute atomic E-state index is 13.2. The topological polar surface area (TPSA) is 67.5 Å². The summed E-state index contributed by atoms with van der Waals surface area (Å²) in [7, 11) is 0. The molecule has 24 heavy (non-hydrogen) atoms. The van der Waals surface area contributed by atoms with Crippen LogP contribution in [0, 0.1) is 0 Å². The molecule has 3 heterocycles. The molecule has 0 bridgehead atoms. The summed E-state index contributed by atoms with van der Waals surface area (Å²) < 4.78 is 11.9. The summed E-state index contributed by atoms with van der Waals surface area (Å²) in [6.07, 6.45) is 5.58. The number of rotatable bonds is 2. The summed E-state index contributed by atoms with van der Waals surface area (Å²) in [6, 6.07) is 7.45. The van der Waals surface area contributed by atoms with Crippen molar-refractivity contribution >= 4 is 5.91 Å². The molecule has 6 nitrogen and oxygen atoms in total. The fraction of sp³-hybridized carbons (Fsp3) is 0.444. The monoisotopic (exact) mass is 327 g/mol. The van der Waals surface area contributed by atoms with Gasteiger partial charge in [0, 0.05) is 18.9 Å². The molecule has 1 aromatic heterocycles. The number of hydrogen-bond acceptors (Lipinski definition) is 4. The predicted octanol–water partition coefficient (Wildman–Crippen LogP) is 2.69. The van der Waals surface area contributed by atoms with Gasteiger partial charge in [-0.05, 0) is 38.3 Å². The number of ether oxygens (including phenoxy) is 2. The van der Waals surface area contributed by atoms with E-state index in [-0.39, 0.29) is 18.1 Å². The molecule has 6 heteroatoms. The molecule has 126 valence electrons. The van der Waals surface area contributed by atoms with E-state index < -0.39 is 6.10 Å². The van der Waals surface area contributed by atoms with Crippen molar-refractivity contribution in [3.63, 3.8) is 0 Å². The molecule has 1 fully saturated rings. The largest absolute Gasteiger partial charge is 0.482 e. The second-order valence-corrected chi connectivity index (χ2v) is 6.33. The molecule has 1 aromatic carbocycles. The van der Waals surface area contributed by atoms with E-state index in [2.05, 4.69) is 9.97 Å². The zero-order valence-electron chi connectivity index (χ0n) is 13.6. The highest BCUT2D eigenvalue weighted by molar-refractivity contribution is 5.83. The lowest BCUT2D eigenvalue weighted by Gasteiger charge is -2.39. The highest BCUT2D eigenvalue weighted by Crippen LogP contribution is 2.36. The van der Waals surface area contributed by atoms with Crippen molar-refractivity contribution in [3.05, 3.63) is 42.5 Å². The summed E-state index contributed by atoms with van der Waals surface area (Å²) in [5, 5.41) is 0. The number of H-pyrrole nitrogens is 1. The standard InChI is InChI=1S/C18H21N3O3/c1-12-16(24-15-8-3-2-7-14(15)23-12)18(22)21-11-5-4-6-13(21)17-19-9-10-20-17/h2-3,7-10,12-13,16H,4-6,11H2,1H3,(H,19,20). The SMILES string of the molecule is CC1Oc2ccccc2OC1C(=O)N1CCCCC1c1ncc[nH]1. The number of benzene rings is 1. The lowest BCUT2D eigenvalue weighted by molar-refractivity contribution is -0.148. The number of para-hydroxylation sites is 2. The Labute approximate surface area is 140 Å². The van der Waals surface area contributed by atoms with Gasteiger partial charge in [0.2, 0.25) is 6.10 Å². The number of aromatic amines is 1. The Kier molecular flexibility index (Phi) is 3.88. The molecule has 2 aromatic rings. The van der Waals surface area contributed by atoms with Gasteiger partial charge in [0.25, 0.3) is 5.91 Å². The number of amides is 1. The summed E-state index contributed by atoms with van der Waals surface area (Å²) in [5.74, 6) is 2.13. The van der Waals surface area contributed by atoms with E-state index in [0.29, 0.717) is 11.5 Å². The first-order valence-corrected chi connectivity index (χ1v) is 8.46.